The Balaban J connectivity index is 2.02. The van der Waals surface area contributed by atoms with E-state index in [1.807, 2.05) is 0 Å². The van der Waals surface area contributed by atoms with Crippen molar-refractivity contribution in [3.8, 4) is 5.75 Å². The van der Waals surface area contributed by atoms with Gasteiger partial charge in [-0.15, -0.1) is 0 Å². The molecule has 0 spiro atoms. The van der Waals surface area contributed by atoms with Crippen molar-refractivity contribution in [1.82, 2.24) is 4.31 Å². The number of nitrogens with one attached hydrogen (secondary N) is 1. The third-order valence-electron chi connectivity index (χ3n) is 3.98. The van der Waals surface area contributed by atoms with Gasteiger partial charge in [-0.3, -0.25) is 4.79 Å². The van der Waals surface area contributed by atoms with Gasteiger partial charge in [0.2, 0.25) is 15.9 Å². The third-order valence-corrected chi connectivity index (χ3v) is 7.07. The number of benzene rings is 1. The molecular weight excluding hydrogens is 368 g/mol. The van der Waals surface area contributed by atoms with Crippen LogP contribution in [-0.4, -0.2) is 64.5 Å². The van der Waals surface area contributed by atoms with Gasteiger partial charge in [-0.25, -0.2) is 16.8 Å². The molecule has 0 aromatic heterocycles. The monoisotopic (exact) mass is 390 g/mol. The molecular formula is C15H22N2O6S2. The van der Waals surface area contributed by atoms with Crippen LogP contribution < -0.4 is 10.1 Å². The van der Waals surface area contributed by atoms with Gasteiger partial charge in [0.25, 0.3) is 0 Å². The lowest BCUT2D eigenvalue weighted by Gasteiger charge is -2.25. The lowest BCUT2D eigenvalue weighted by Crippen LogP contribution is -2.42. The molecule has 0 bridgehead atoms. The Morgan fingerprint density at radius 2 is 2.04 bits per heavy atom. The van der Waals surface area contributed by atoms with E-state index in [1.54, 1.807) is 24.3 Å². The first kappa shape index (κ1) is 19.7. The van der Waals surface area contributed by atoms with Gasteiger partial charge in [-0.05, 0) is 18.6 Å². The molecule has 0 saturated carbocycles. The second-order valence-electron chi connectivity index (χ2n) is 5.93. The molecule has 1 amide bonds. The molecule has 1 heterocycles. The van der Waals surface area contributed by atoms with Gasteiger partial charge in [0, 0.05) is 19.0 Å². The maximum atomic E-state index is 12.1. The van der Waals surface area contributed by atoms with Gasteiger partial charge >= 0.3 is 0 Å². The Hall–Kier alpha value is -1.65. The van der Waals surface area contributed by atoms with Gasteiger partial charge in [-0.1, -0.05) is 12.1 Å². The van der Waals surface area contributed by atoms with Crippen molar-refractivity contribution in [2.45, 2.75) is 18.9 Å². The maximum absolute atomic E-state index is 12.1. The molecule has 25 heavy (non-hydrogen) atoms. The van der Waals surface area contributed by atoms with E-state index in [0.29, 0.717) is 11.4 Å². The standard InChI is InChI=1S/C15H22N2O6S2/c1-23-14-6-4-3-5-13(14)16-15(18)7-9-17(24(2,19)20)12-8-10-25(21,22)11-12/h3-6,12H,7-11H2,1-2H3,(H,16,18). The zero-order chi connectivity index (χ0) is 18.7. The Morgan fingerprint density at radius 1 is 1.36 bits per heavy atom. The molecule has 1 N–H and O–H groups in total. The zero-order valence-corrected chi connectivity index (χ0v) is 15.8. The van der Waals surface area contributed by atoms with E-state index in [-0.39, 0.29) is 36.8 Å². The van der Waals surface area contributed by atoms with Gasteiger partial charge in [0.15, 0.2) is 9.84 Å². The van der Waals surface area contributed by atoms with E-state index >= 15 is 0 Å². The summed E-state index contributed by atoms with van der Waals surface area (Å²) in [5.74, 6) is -0.109. The van der Waals surface area contributed by atoms with Crippen molar-refractivity contribution in [1.29, 1.82) is 0 Å². The van der Waals surface area contributed by atoms with Crippen LogP contribution in [0.25, 0.3) is 0 Å². The maximum Gasteiger partial charge on any atom is 0.225 e. The van der Waals surface area contributed by atoms with E-state index in [4.69, 9.17) is 4.74 Å². The van der Waals surface area contributed by atoms with Gasteiger partial charge in [-0.2, -0.15) is 4.31 Å². The van der Waals surface area contributed by atoms with Crippen molar-refractivity contribution in [2.75, 3.05) is 36.7 Å². The molecule has 1 unspecified atom stereocenters. The summed E-state index contributed by atoms with van der Waals surface area (Å²) < 4.78 is 53.4. The average Bonchev–Trinajstić information content (AvgIpc) is 2.86. The van der Waals surface area contributed by atoms with Crippen LogP contribution in [0.3, 0.4) is 0 Å². The van der Waals surface area contributed by atoms with Crippen LogP contribution >= 0.6 is 0 Å². The van der Waals surface area contributed by atoms with Crippen LogP contribution in [0, 0.1) is 0 Å². The van der Waals surface area contributed by atoms with Crippen LogP contribution in [0.15, 0.2) is 24.3 Å². The summed E-state index contributed by atoms with van der Waals surface area (Å²) in [5, 5.41) is 2.67. The first-order chi connectivity index (χ1) is 11.6. The first-order valence-corrected chi connectivity index (χ1v) is 11.4. The largest absolute Gasteiger partial charge is 0.495 e. The molecule has 140 valence electrons. The van der Waals surface area contributed by atoms with Crippen molar-refractivity contribution in [3.63, 3.8) is 0 Å². The van der Waals surface area contributed by atoms with Crippen LogP contribution in [0.4, 0.5) is 5.69 Å². The van der Waals surface area contributed by atoms with Gasteiger partial charge in [0.05, 0.1) is 30.6 Å². The lowest BCUT2D eigenvalue weighted by atomic mass is 10.2. The molecule has 1 aliphatic rings. The number of hydrogen-bond acceptors (Lipinski definition) is 6. The summed E-state index contributed by atoms with van der Waals surface area (Å²) in [6, 6.07) is 6.26. The number of anilines is 1. The number of sulfonamides is 1. The van der Waals surface area contributed by atoms with Crippen LogP contribution in [-0.2, 0) is 24.7 Å². The van der Waals surface area contributed by atoms with Crippen LogP contribution in [0.2, 0.25) is 0 Å². The first-order valence-electron chi connectivity index (χ1n) is 7.72. The molecule has 1 atom stereocenters. The minimum Gasteiger partial charge on any atom is -0.495 e. The minimum absolute atomic E-state index is 0.0307. The lowest BCUT2D eigenvalue weighted by molar-refractivity contribution is -0.116. The number of nitrogens with zero attached hydrogens (tertiary/aromatic N) is 1. The molecule has 0 radical (unpaired) electrons. The van der Waals surface area contributed by atoms with Crippen molar-refractivity contribution < 1.29 is 26.4 Å². The normalized spacial score (nSPS) is 19.7. The number of methoxy groups -OCH3 is 1. The number of rotatable bonds is 7. The molecule has 0 aliphatic carbocycles. The molecule has 1 fully saturated rings. The smallest absolute Gasteiger partial charge is 0.225 e. The minimum atomic E-state index is -3.62. The number of para-hydroxylation sites is 2. The molecule has 8 nitrogen and oxygen atoms in total. The highest BCUT2D eigenvalue weighted by atomic mass is 32.2. The fourth-order valence-electron chi connectivity index (χ4n) is 2.79. The average molecular weight is 390 g/mol. The summed E-state index contributed by atoms with van der Waals surface area (Å²) in [4.78, 5) is 12.1. The van der Waals surface area contributed by atoms with E-state index in [2.05, 4.69) is 5.32 Å². The fraction of sp³-hybridized carbons (Fsp3) is 0.533. The summed E-state index contributed by atoms with van der Waals surface area (Å²) in [7, 11) is -5.35. The quantitative estimate of drug-likeness (QED) is 0.725. The highest BCUT2D eigenvalue weighted by Crippen LogP contribution is 2.24. The molecule has 10 heteroatoms. The zero-order valence-electron chi connectivity index (χ0n) is 14.1. The van der Waals surface area contributed by atoms with Gasteiger partial charge in [0.1, 0.15) is 5.75 Å². The molecule has 1 aromatic rings. The van der Waals surface area contributed by atoms with E-state index in [9.17, 15) is 21.6 Å². The summed E-state index contributed by atoms with van der Waals surface area (Å²) in [5.41, 5.74) is 0.490. The van der Waals surface area contributed by atoms with Crippen molar-refractivity contribution in [3.05, 3.63) is 24.3 Å². The van der Waals surface area contributed by atoms with Crippen molar-refractivity contribution in [2.24, 2.45) is 0 Å². The highest BCUT2D eigenvalue weighted by molar-refractivity contribution is 7.92. The predicted molar refractivity (Wildman–Crippen MR) is 94.8 cm³/mol. The second kappa shape index (κ2) is 7.71. The van der Waals surface area contributed by atoms with Crippen LogP contribution in [0.1, 0.15) is 12.8 Å². The van der Waals surface area contributed by atoms with E-state index < -0.39 is 25.9 Å². The highest BCUT2D eigenvalue weighted by Gasteiger charge is 2.36. The number of ether oxygens (including phenoxy) is 1. The number of carbonyl (C=O) groups excluding carboxylic acids is 1. The number of amides is 1. The molecule has 2 rings (SSSR count). The number of carbonyl (C=O) groups is 1. The van der Waals surface area contributed by atoms with Crippen LogP contribution in [0.5, 0.6) is 5.75 Å². The topological polar surface area (TPSA) is 110 Å². The molecule has 1 aliphatic heterocycles. The summed E-state index contributed by atoms with van der Waals surface area (Å²) >= 11 is 0. The Labute approximate surface area is 148 Å². The van der Waals surface area contributed by atoms with Crippen molar-refractivity contribution >= 4 is 31.5 Å². The predicted octanol–water partition coefficient (Wildman–Crippen LogP) is 0.473. The molecule has 1 aromatic carbocycles. The SMILES string of the molecule is COc1ccccc1NC(=O)CCN(C1CCS(=O)(=O)C1)S(C)(=O)=O. The summed E-state index contributed by atoms with van der Waals surface area (Å²) in [6.07, 6.45) is 1.20. The summed E-state index contributed by atoms with van der Waals surface area (Å²) in [6.45, 7) is -0.0694. The number of sulfone groups is 1. The third kappa shape index (κ3) is 5.41. The van der Waals surface area contributed by atoms with Gasteiger partial charge < -0.3 is 10.1 Å². The Kier molecular flexibility index (Phi) is 6.07. The Bertz CT molecular complexity index is 835. The molecule has 1 saturated heterocycles. The number of hydrogen-bond donors (Lipinski definition) is 1. The van der Waals surface area contributed by atoms with E-state index in [1.165, 1.54) is 7.11 Å². The second-order valence-corrected chi connectivity index (χ2v) is 10.1. The fourth-order valence-corrected chi connectivity index (χ4v) is 5.76. The Morgan fingerprint density at radius 3 is 2.60 bits per heavy atom. The van der Waals surface area contributed by atoms with E-state index in [0.717, 1.165) is 10.6 Å².